The van der Waals surface area contributed by atoms with Crippen molar-refractivity contribution in [1.29, 1.82) is 0 Å². The molecule has 0 saturated heterocycles. The van der Waals surface area contributed by atoms with Gasteiger partial charge in [0.15, 0.2) is 0 Å². The number of anilines is 1. The topological polar surface area (TPSA) is 85.3 Å². The number of hydrogen-bond donors (Lipinski definition) is 1. The smallest absolute Gasteiger partial charge is 0.292 e. The first-order chi connectivity index (χ1) is 9.47. The second kappa shape index (κ2) is 5.98. The van der Waals surface area contributed by atoms with Crippen LogP contribution in [-0.4, -0.2) is 21.9 Å². The highest BCUT2D eigenvalue weighted by atomic mass is 32.1. The molecule has 1 aromatic carbocycles. The van der Waals surface area contributed by atoms with Crippen molar-refractivity contribution in [2.75, 3.05) is 12.8 Å². The Labute approximate surface area is 121 Å². The molecule has 0 fully saturated rings. The Balaban J connectivity index is 2.09. The van der Waals surface area contributed by atoms with E-state index in [4.69, 9.17) is 5.73 Å². The number of aromatic nitrogens is 1. The van der Waals surface area contributed by atoms with Crippen LogP contribution in [-0.2, 0) is 13.1 Å². The van der Waals surface area contributed by atoms with E-state index in [1.54, 1.807) is 17.4 Å². The summed E-state index contributed by atoms with van der Waals surface area (Å²) in [6.45, 7) is 3.20. The van der Waals surface area contributed by atoms with Crippen molar-refractivity contribution in [2.45, 2.75) is 20.0 Å². The van der Waals surface area contributed by atoms with E-state index in [0.29, 0.717) is 13.1 Å². The number of nitrogens with two attached hydrogens (primary N) is 1. The number of nitro groups is 1. The lowest BCUT2D eigenvalue weighted by molar-refractivity contribution is -0.384. The molecular formula is C13H16N4O2S. The van der Waals surface area contributed by atoms with Gasteiger partial charge in [-0.2, -0.15) is 0 Å². The highest BCUT2D eigenvalue weighted by Gasteiger charge is 2.15. The molecule has 7 heteroatoms. The number of nitrogen functional groups attached to an aromatic ring is 1. The second-order valence-corrected chi connectivity index (χ2v) is 5.70. The van der Waals surface area contributed by atoms with Crippen molar-refractivity contribution >= 4 is 22.7 Å². The fraction of sp³-hybridized carbons (Fsp3) is 0.308. The molecule has 0 aliphatic rings. The van der Waals surface area contributed by atoms with Crippen LogP contribution in [0.2, 0.25) is 0 Å². The molecule has 0 aliphatic heterocycles. The number of nitro benzene ring substituents is 1. The third-order valence-corrected chi connectivity index (χ3v) is 3.73. The monoisotopic (exact) mass is 292 g/mol. The van der Waals surface area contributed by atoms with Crippen LogP contribution in [0.25, 0.3) is 0 Å². The third kappa shape index (κ3) is 3.31. The normalized spacial score (nSPS) is 10.9. The van der Waals surface area contributed by atoms with Crippen LogP contribution >= 0.6 is 11.3 Å². The third-order valence-electron chi connectivity index (χ3n) is 2.91. The predicted molar refractivity (Wildman–Crippen MR) is 79.5 cm³/mol. The molecule has 0 unspecified atom stereocenters. The van der Waals surface area contributed by atoms with Gasteiger partial charge >= 0.3 is 0 Å². The number of benzene rings is 1. The summed E-state index contributed by atoms with van der Waals surface area (Å²) in [7, 11) is 1.94. The van der Waals surface area contributed by atoms with Gasteiger partial charge in [-0.1, -0.05) is 12.1 Å². The average Bonchev–Trinajstić information content (AvgIpc) is 2.77. The zero-order valence-electron chi connectivity index (χ0n) is 11.4. The number of nitrogens with zero attached hydrogens (tertiary/aromatic N) is 3. The molecule has 2 N–H and O–H groups in total. The molecule has 2 aromatic rings. The molecule has 0 radical (unpaired) electrons. The number of thiazole rings is 1. The molecule has 2 rings (SSSR count). The first kappa shape index (κ1) is 14.4. The number of rotatable bonds is 5. The number of hydrogen-bond acceptors (Lipinski definition) is 6. The van der Waals surface area contributed by atoms with E-state index in [2.05, 4.69) is 4.98 Å². The van der Waals surface area contributed by atoms with Gasteiger partial charge in [-0.3, -0.25) is 15.0 Å². The maximum absolute atomic E-state index is 10.9. The first-order valence-corrected chi connectivity index (χ1v) is 6.96. The molecule has 1 aromatic heterocycles. The lowest BCUT2D eigenvalue weighted by Gasteiger charge is -2.16. The van der Waals surface area contributed by atoms with Crippen molar-refractivity contribution in [3.63, 3.8) is 0 Å². The van der Waals surface area contributed by atoms with Crippen molar-refractivity contribution < 1.29 is 4.92 Å². The van der Waals surface area contributed by atoms with Crippen molar-refractivity contribution in [2.24, 2.45) is 0 Å². The minimum atomic E-state index is -0.456. The zero-order valence-corrected chi connectivity index (χ0v) is 12.2. The summed E-state index contributed by atoms with van der Waals surface area (Å²) in [5, 5.41) is 13.9. The second-order valence-electron chi connectivity index (χ2n) is 4.64. The van der Waals surface area contributed by atoms with Gasteiger partial charge in [-0.25, -0.2) is 4.98 Å². The fourth-order valence-electron chi connectivity index (χ4n) is 2.00. The van der Waals surface area contributed by atoms with Gasteiger partial charge in [0.1, 0.15) is 5.69 Å². The Morgan fingerprint density at radius 1 is 1.45 bits per heavy atom. The van der Waals surface area contributed by atoms with Gasteiger partial charge < -0.3 is 5.73 Å². The number of para-hydroxylation sites is 1. The van der Waals surface area contributed by atoms with Gasteiger partial charge in [0, 0.05) is 24.5 Å². The Morgan fingerprint density at radius 3 is 2.80 bits per heavy atom. The van der Waals surface area contributed by atoms with Gasteiger partial charge in [-0.15, -0.1) is 11.3 Å². The summed E-state index contributed by atoms with van der Waals surface area (Å²) in [4.78, 5) is 16.8. The minimum absolute atomic E-state index is 0.0413. The maximum atomic E-state index is 10.9. The van der Waals surface area contributed by atoms with Crippen LogP contribution in [0.4, 0.5) is 11.4 Å². The molecule has 6 nitrogen and oxygen atoms in total. The lowest BCUT2D eigenvalue weighted by Crippen LogP contribution is -2.18. The summed E-state index contributed by atoms with van der Waals surface area (Å²) in [5.74, 6) is 0. The average molecular weight is 292 g/mol. The first-order valence-electron chi connectivity index (χ1n) is 6.08. The van der Waals surface area contributed by atoms with Crippen LogP contribution < -0.4 is 5.73 Å². The molecule has 1 heterocycles. The Morgan fingerprint density at radius 2 is 2.20 bits per heavy atom. The van der Waals surface area contributed by atoms with Crippen LogP contribution in [0.5, 0.6) is 0 Å². The van der Waals surface area contributed by atoms with Gasteiger partial charge in [-0.05, 0) is 19.5 Å². The molecule has 106 valence electrons. The van der Waals surface area contributed by atoms with E-state index >= 15 is 0 Å². The summed E-state index contributed by atoms with van der Waals surface area (Å²) in [6, 6.07) is 4.89. The van der Waals surface area contributed by atoms with Crippen LogP contribution in [0.15, 0.2) is 23.6 Å². The van der Waals surface area contributed by atoms with E-state index in [0.717, 1.165) is 16.3 Å². The van der Waals surface area contributed by atoms with Crippen molar-refractivity contribution in [3.8, 4) is 0 Å². The Hall–Kier alpha value is -1.99. The van der Waals surface area contributed by atoms with Crippen LogP contribution in [0.3, 0.4) is 0 Å². The standard InChI is InChI=1S/C13H16N4O2S/c1-9-15-11(8-20-9)7-16(2)6-10-4-3-5-12(13(10)14)17(18)19/h3-5,8H,6-7,14H2,1-2H3. The minimum Gasteiger partial charge on any atom is -0.393 e. The highest BCUT2D eigenvalue weighted by molar-refractivity contribution is 7.09. The van der Waals surface area contributed by atoms with E-state index in [-0.39, 0.29) is 11.4 Å². The largest absolute Gasteiger partial charge is 0.393 e. The molecule has 0 saturated carbocycles. The summed E-state index contributed by atoms with van der Waals surface area (Å²) in [6.07, 6.45) is 0. The SMILES string of the molecule is Cc1nc(CN(C)Cc2cccc([N+](=O)[O-])c2N)cs1. The van der Waals surface area contributed by atoms with Gasteiger partial charge in [0.05, 0.1) is 15.6 Å². The highest BCUT2D eigenvalue weighted by Crippen LogP contribution is 2.25. The summed E-state index contributed by atoms with van der Waals surface area (Å²) < 4.78 is 0. The zero-order chi connectivity index (χ0) is 14.7. The number of aryl methyl sites for hydroxylation is 1. The Bertz CT molecular complexity index is 627. The van der Waals surface area contributed by atoms with E-state index in [1.165, 1.54) is 6.07 Å². The lowest BCUT2D eigenvalue weighted by atomic mass is 10.1. The van der Waals surface area contributed by atoms with Gasteiger partial charge in [0.2, 0.25) is 0 Å². The Kier molecular flexibility index (Phi) is 4.31. The maximum Gasteiger partial charge on any atom is 0.292 e. The molecular weight excluding hydrogens is 276 g/mol. The molecule has 0 spiro atoms. The van der Waals surface area contributed by atoms with Gasteiger partial charge in [0.25, 0.3) is 5.69 Å². The van der Waals surface area contributed by atoms with Crippen molar-refractivity contribution in [3.05, 3.63) is 50.0 Å². The van der Waals surface area contributed by atoms with E-state index < -0.39 is 4.92 Å². The molecule has 0 atom stereocenters. The molecule has 0 amide bonds. The molecule has 20 heavy (non-hydrogen) atoms. The molecule has 0 aliphatic carbocycles. The van der Waals surface area contributed by atoms with Crippen LogP contribution in [0, 0.1) is 17.0 Å². The fourth-order valence-corrected chi connectivity index (χ4v) is 2.60. The predicted octanol–water partition coefficient (Wildman–Crippen LogP) is 2.57. The van der Waals surface area contributed by atoms with Crippen LogP contribution in [0.1, 0.15) is 16.3 Å². The quantitative estimate of drug-likeness (QED) is 0.520. The summed E-state index contributed by atoms with van der Waals surface area (Å²) >= 11 is 1.61. The van der Waals surface area contributed by atoms with E-state index in [9.17, 15) is 10.1 Å². The molecule has 0 bridgehead atoms. The van der Waals surface area contributed by atoms with E-state index in [1.807, 2.05) is 30.3 Å². The van der Waals surface area contributed by atoms with Crippen molar-refractivity contribution in [1.82, 2.24) is 9.88 Å². The summed E-state index contributed by atoms with van der Waals surface area (Å²) in [5.41, 5.74) is 7.80.